The molecule has 6 nitrogen and oxygen atoms in total. The largest absolute Gasteiger partial charge is 0.486 e. The van der Waals surface area contributed by atoms with E-state index < -0.39 is 36.2 Å². The van der Waals surface area contributed by atoms with Crippen molar-refractivity contribution in [3.05, 3.63) is 64.7 Å². The first-order valence-corrected chi connectivity index (χ1v) is 11.3. The van der Waals surface area contributed by atoms with E-state index in [2.05, 4.69) is 16.0 Å². The number of carbonyl (C=O) groups excluding carboxylic acids is 2. The molecule has 0 saturated carbocycles. The highest BCUT2D eigenvalue weighted by Gasteiger charge is 2.39. The van der Waals surface area contributed by atoms with Crippen LogP contribution in [0.5, 0.6) is 5.75 Å². The van der Waals surface area contributed by atoms with Crippen molar-refractivity contribution in [3.8, 4) is 5.75 Å². The number of amides is 2. The molecule has 0 radical (unpaired) electrons. The molecule has 4 rings (SSSR count). The molecule has 2 aromatic rings. The normalized spacial score (nSPS) is 24.0. The minimum absolute atomic E-state index is 0.176. The molecule has 1 saturated heterocycles. The van der Waals surface area contributed by atoms with Crippen molar-refractivity contribution >= 4 is 11.8 Å². The fourth-order valence-electron chi connectivity index (χ4n) is 4.69. The Morgan fingerprint density at radius 3 is 2.67 bits per heavy atom. The summed E-state index contributed by atoms with van der Waals surface area (Å²) in [5.41, 5.74) is 0.524. The van der Waals surface area contributed by atoms with Gasteiger partial charge in [0, 0.05) is 37.7 Å². The van der Waals surface area contributed by atoms with E-state index in [1.807, 2.05) is 30.3 Å². The van der Waals surface area contributed by atoms with Crippen molar-refractivity contribution in [2.24, 2.45) is 0 Å². The Morgan fingerprint density at radius 2 is 2.00 bits per heavy atom. The molecule has 2 amide bonds. The molecule has 0 aliphatic carbocycles. The van der Waals surface area contributed by atoms with E-state index in [1.54, 1.807) is 6.07 Å². The van der Waals surface area contributed by atoms with Crippen molar-refractivity contribution < 1.29 is 23.1 Å². The standard InChI is InChI=1S/C25H29F2N3O3/c1-28-24(32)19-13-17(23(31)30-11-9-25(27)8-5-10-29-15-25)12-18-21(16-6-3-2-4-7-16)20(14-26)33-22(18)19/h2-4,6-7,12-13,20-21,29H,5,8-11,14-15H2,1H3,(H,28,32)(H,30,31)/t20-,21+,25-/m1/s1. The molecule has 1 fully saturated rings. The van der Waals surface area contributed by atoms with Crippen LogP contribution in [0, 0.1) is 0 Å². The third-order valence-corrected chi connectivity index (χ3v) is 6.42. The second-order valence-electron chi connectivity index (χ2n) is 8.66. The maximum atomic E-state index is 14.8. The third kappa shape index (κ3) is 4.85. The van der Waals surface area contributed by atoms with Crippen molar-refractivity contribution in [1.82, 2.24) is 16.0 Å². The topological polar surface area (TPSA) is 79.5 Å². The average Bonchev–Trinajstić information content (AvgIpc) is 3.22. The number of piperidine rings is 1. The highest BCUT2D eigenvalue weighted by Crippen LogP contribution is 2.45. The van der Waals surface area contributed by atoms with Crippen LogP contribution in [0.15, 0.2) is 42.5 Å². The molecule has 3 N–H and O–H groups in total. The second-order valence-corrected chi connectivity index (χ2v) is 8.66. The number of halogens is 2. The van der Waals surface area contributed by atoms with Crippen molar-refractivity contribution in [1.29, 1.82) is 0 Å². The lowest BCUT2D eigenvalue weighted by molar-refractivity contribution is 0.0907. The maximum Gasteiger partial charge on any atom is 0.254 e. The predicted molar refractivity (Wildman–Crippen MR) is 121 cm³/mol. The van der Waals surface area contributed by atoms with Gasteiger partial charge in [-0.2, -0.15) is 0 Å². The molecule has 0 unspecified atom stereocenters. The van der Waals surface area contributed by atoms with E-state index in [1.165, 1.54) is 13.1 Å². The van der Waals surface area contributed by atoms with E-state index in [4.69, 9.17) is 4.74 Å². The lowest BCUT2D eigenvalue weighted by atomic mass is 9.86. The maximum absolute atomic E-state index is 14.8. The molecule has 2 heterocycles. The Hall–Kier alpha value is -3.00. The average molecular weight is 458 g/mol. The van der Waals surface area contributed by atoms with Crippen LogP contribution in [0.3, 0.4) is 0 Å². The molecule has 2 aliphatic rings. The first kappa shape index (κ1) is 23.2. The van der Waals surface area contributed by atoms with Gasteiger partial charge in [-0.05, 0) is 37.1 Å². The molecule has 0 bridgehead atoms. The minimum Gasteiger partial charge on any atom is -0.486 e. The van der Waals surface area contributed by atoms with Crippen molar-refractivity contribution in [2.75, 3.05) is 33.4 Å². The summed E-state index contributed by atoms with van der Waals surface area (Å²) in [5, 5.41) is 8.38. The molecule has 176 valence electrons. The lowest BCUT2D eigenvalue weighted by Gasteiger charge is -2.30. The van der Waals surface area contributed by atoms with E-state index in [-0.39, 0.29) is 30.6 Å². The zero-order valence-corrected chi connectivity index (χ0v) is 18.6. The van der Waals surface area contributed by atoms with E-state index in [0.29, 0.717) is 17.7 Å². The van der Waals surface area contributed by atoms with Gasteiger partial charge in [-0.15, -0.1) is 0 Å². The summed E-state index contributed by atoms with van der Waals surface area (Å²) in [5.74, 6) is -1.00. The van der Waals surface area contributed by atoms with Crippen LogP contribution in [-0.2, 0) is 0 Å². The second kappa shape index (κ2) is 9.87. The number of alkyl halides is 2. The van der Waals surface area contributed by atoms with Crippen LogP contribution in [0.2, 0.25) is 0 Å². The fraction of sp³-hybridized carbons (Fsp3) is 0.440. The quantitative estimate of drug-likeness (QED) is 0.597. The minimum atomic E-state index is -1.34. The third-order valence-electron chi connectivity index (χ3n) is 6.42. The summed E-state index contributed by atoms with van der Waals surface area (Å²) in [6.45, 7) is 0.522. The van der Waals surface area contributed by atoms with Gasteiger partial charge in [-0.1, -0.05) is 30.3 Å². The Balaban J connectivity index is 1.62. The summed E-state index contributed by atoms with van der Waals surface area (Å²) in [4.78, 5) is 25.5. The Labute approximate surface area is 192 Å². The Bertz CT molecular complexity index is 1010. The first-order valence-electron chi connectivity index (χ1n) is 11.3. The summed E-state index contributed by atoms with van der Waals surface area (Å²) < 4.78 is 34.6. The highest BCUT2D eigenvalue weighted by atomic mass is 19.1. The van der Waals surface area contributed by atoms with Gasteiger partial charge in [0.15, 0.2) is 0 Å². The smallest absolute Gasteiger partial charge is 0.254 e. The van der Waals surface area contributed by atoms with Crippen LogP contribution in [0.4, 0.5) is 8.78 Å². The van der Waals surface area contributed by atoms with Gasteiger partial charge in [0.25, 0.3) is 11.8 Å². The van der Waals surface area contributed by atoms with Crippen molar-refractivity contribution in [3.63, 3.8) is 0 Å². The number of ether oxygens (including phenoxy) is 1. The number of hydrogen-bond acceptors (Lipinski definition) is 4. The fourth-order valence-corrected chi connectivity index (χ4v) is 4.69. The Kier molecular flexibility index (Phi) is 6.93. The molecule has 33 heavy (non-hydrogen) atoms. The number of carbonyl (C=O) groups is 2. The molecule has 2 aliphatic heterocycles. The lowest BCUT2D eigenvalue weighted by Crippen LogP contribution is -2.44. The van der Waals surface area contributed by atoms with Gasteiger partial charge in [0.1, 0.15) is 24.2 Å². The highest BCUT2D eigenvalue weighted by molar-refractivity contribution is 6.02. The van der Waals surface area contributed by atoms with Crippen molar-refractivity contribution in [2.45, 2.75) is 37.0 Å². The van der Waals surface area contributed by atoms with Gasteiger partial charge >= 0.3 is 0 Å². The number of benzene rings is 2. The molecular weight excluding hydrogens is 428 g/mol. The Morgan fingerprint density at radius 1 is 1.21 bits per heavy atom. The van der Waals surface area contributed by atoms with Gasteiger partial charge in [0.2, 0.25) is 0 Å². The molecule has 3 atom stereocenters. The monoisotopic (exact) mass is 457 g/mol. The van der Waals surface area contributed by atoms with Crippen LogP contribution in [-0.4, -0.2) is 56.9 Å². The van der Waals surface area contributed by atoms with E-state index in [0.717, 1.165) is 18.5 Å². The molecule has 2 aromatic carbocycles. The first-order chi connectivity index (χ1) is 16.0. The number of nitrogens with one attached hydrogen (secondary N) is 3. The van der Waals surface area contributed by atoms with Gasteiger partial charge in [0.05, 0.1) is 11.5 Å². The molecular formula is C25H29F2N3O3. The molecule has 0 spiro atoms. The number of rotatable bonds is 7. The zero-order chi connectivity index (χ0) is 23.4. The SMILES string of the molecule is CNC(=O)c1cc(C(=O)NCC[C@]2(F)CCCNC2)cc2c1O[C@H](CF)[C@H]2c1ccccc1. The van der Waals surface area contributed by atoms with E-state index in [9.17, 15) is 18.4 Å². The summed E-state index contributed by atoms with van der Waals surface area (Å²) in [6.07, 6.45) is 0.644. The summed E-state index contributed by atoms with van der Waals surface area (Å²) in [7, 11) is 1.48. The van der Waals surface area contributed by atoms with E-state index >= 15 is 0 Å². The van der Waals surface area contributed by atoms with Gasteiger partial charge < -0.3 is 20.7 Å². The number of fused-ring (bicyclic) bond motifs is 1. The van der Waals surface area contributed by atoms with Crippen LogP contribution >= 0.6 is 0 Å². The van der Waals surface area contributed by atoms with Crippen LogP contribution < -0.4 is 20.7 Å². The van der Waals surface area contributed by atoms with Crippen LogP contribution in [0.25, 0.3) is 0 Å². The molecule has 0 aromatic heterocycles. The predicted octanol–water partition coefficient (Wildman–Crippen LogP) is 3.12. The molecule has 8 heteroatoms. The van der Waals surface area contributed by atoms with Gasteiger partial charge in [-0.3, -0.25) is 9.59 Å². The summed E-state index contributed by atoms with van der Waals surface area (Å²) in [6, 6.07) is 12.4. The number of hydrogen-bond donors (Lipinski definition) is 3. The van der Waals surface area contributed by atoms with Crippen LogP contribution in [0.1, 0.15) is 57.0 Å². The summed E-state index contributed by atoms with van der Waals surface area (Å²) >= 11 is 0. The van der Waals surface area contributed by atoms with Gasteiger partial charge in [-0.25, -0.2) is 8.78 Å². The zero-order valence-electron chi connectivity index (χ0n) is 18.6.